The fraction of sp³-hybridized carbons (Fsp3) is 0.0556. The van der Waals surface area contributed by atoms with Gasteiger partial charge in [-0.15, -0.1) is 0 Å². The molecule has 1 aliphatic rings. The van der Waals surface area contributed by atoms with E-state index in [1.54, 1.807) is 0 Å². The number of hydrogen-bond acceptors (Lipinski definition) is 5. The lowest BCUT2D eigenvalue weighted by Crippen LogP contribution is -2.14. The molecule has 0 saturated carbocycles. The quantitative estimate of drug-likeness (QED) is 0.175. The van der Waals surface area contributed by atoms with Crippen molar-refractivity contribution in [3.8, 4) is 67.5 Å². The van der Waals surface area contributed by atoms with Gasteiger partial charge in [0.15, 0.2) is 17.5 Å². The lowest BCUT2D eigenvalue weighted by atomic mass is 9.82. The lowest BCUT2D eigenvalue weighted by molar-refractivity contribution is 0.660. The molecule has 59 heavy (non-hydrogen) atoms. The molecular weight excluding hydrogens is 723 g/mol. The van der Waals surface area contributed by atoms with Gasteiger partial charge >= 0.3 is 0 Å². The summed E-state index contributed by atoms with van der Waals surface area (Å²) in [5.41, 5.74) is 15.9. The molecule has 0 N–H and O–H groups in total. The van der Waals surface area contributed by atoms with Crippen molar-refractivity contribution in [1.82, 2.24) is 15.0 Å². The number of hydrogen-bond donors (Lipinski definition) is 0. The molecular formula is C54H35N3O2. The van der Waals surface area contributed by atoms with Crippen molar-refractivity contribution in [3.05, 3.63) is 187 Å². The van der Waals surface area contributed by atoms with Crippen molar-refractivity contribution in [2.75, 3.05) is 0 Å². The summed E-state index contributed by atoms with van der Waals surface area (Å²) in [5.74, 6) is 1.74. The van der Waals surface area contributed by atoms with Gasteiger partial charge in [0.05, 0.1) is 0 Å². The number of para-hydroxylation sites is 1. The molecule has 5 nitrogen and oxygen atoms in total. The molecule has 0 saturated heterocycles. The Morgan fingerprint density at radius 1 is 0.339 bits per heavy atom. The highest BCUT2D eigenvalue weighted by Gasteiger charge is 2.35. The first-order valence-corrected chi connectivity index (χ1v) is 20.0. The number of benzene rings is 8. The Hall–Kier alpha value is -7.63. The van der Waals surface area contributed by atoms with Crippen LogP contribution in [-0.2, 0) is 5.41 Å². The van der Waals surface area contributed by atoms with E-state index in [0.29, 0.717) is 17.5 Å². The Bertz CT molecular complexity index is 3470. The zero-order valence-corrected chi connectivity index (χ0v) is 32.4. The van der Waals surface area contributed by atoms with Crippen LogP contribution in [0.1, 0.15) is 25.0 Å². The zero-order valence-electron chi connectivity index (χ0n) is 32.4. The average Bonchev–Trinajstić information content (AvgIpc) is 3.94. The third kappa shape index (κ3) is 5.21. The summed E-state index contributed by atoms with van der Waals surface area (Å²) in [6, 6.07) is 61.4. The van der Waals surface area contributed by atoms with Gasteiger partial charge in [-0.1, -0.05) is 153 Å². The van der Waals surface area contributed by atoms with Crippen LogP contribution in [-0.4, -0.2) is 15.0 Å². The monoisotopic (exact) mass is 757 g/mol. The molecule has 8 aromatic carbocycles. The molecule has 0 radical (unpaired) electrons. The topological polar surface area (TPSA) is 65.0 Å². The number of nitrogens with zero attached hydrogens (tertiary/aromatic N) is 3. The van der Waals surface area contributed by atoms with Crippen LogP contribution in [0.2, 0.25) is 0 Å². The molecule has 0 atom stereocenters. The molecule has 278 valence electrons. The first-order valence-electron chi connectivity index (χ1n) is 20.0. The Morgan fingerprint density at radius 3 is 1.58 bits per heavy atom. The van der Waals surface area contributed by atoms with Crippen LogP contribution in [0, 0.1) is 0 Å². The predicted molar refractivity (Wildman–Crippen MR) is 239 cm³/mol. The van der Waals surface area contributed by atoms with Crippen LogP contribution >= 0.6 is 0 Å². The molecule has 5 heteroatoms. The molecule has 11 aromatic rings. The molecule has 0 aliphatic heterocycles. The normalized spacial score (nSPS) is 13.1. The average molecular weight is 758 g/mol. The van der Waals surface area contributed by atoms with E-state index in [1.165, 1.54) is 33.4 Å². The Balaban J connectivity index is 0.976. The molecule has 0 bridgehead atoms. The minimum absolute atomic E-state index is 0.00959. The van der Waals surface area contributed by atoms with E-state index in [1.807, 2.05) is 72.8 Å². The second kappa shape index (κ2) is 12.7. The Labute approximate surface area is 340 Å². The van der Waals surface area contributed by atoms with Gasteiger partial charge in [-0.25, -0.2) is 15.0 Å². The molecule has 12 rings (SSSR count). The van der Waals surface area contributed by atoms with Crippen molar-refractivity contribution in [1.29, 1.82) is 0 Å². The van der Waals surface area contributed by atoms with Crippen molar-refractivity contribution >= 4 is 43.9 Å². The standard InChI is InChI=1S/C54H35N3O2/c1-54(2)43-18-8-6-14-37(43)41-30-35(26-28-44(41)54)32-22-24-33(25-23-32)36-27-29-46-42(31-36)50-40(17-11-21-48(50)59-46)53-56-51(34-12-4-3-5-13-34)55-52(57-53)39-16-10-20-47-49(39)38-15-7-9-19-45(38)58-47/h3-31H,1-2H3. The minimum Gasteiger partial charge on any atom is -0.456 e. The van der Waals surface area contributed by atoms with Gasteiger partial charge in [-0.2, -0.15) is 0 Å². The summed E-state index contributed by atoms with van der Waals surface area (Å²) in [6.07, 6.45) is 0. The highest BCUT2D eigenvalue weighted by atomic mass is 16.3. The summed E-state index contributed by atoms with van der Waals surface area (Å²) in [7, 11) is 0. The zero-order chi connectivity index (χ0) is 39.2. The fourth-order valence-corrected chi connectivity index (χ4v) is 9.24. The molecule has 0 amide bonds. The number of furan rings is 2. The Morgan fingerprint density at radius 2 is 0.847 bits per heavy atom. The SMILES string of the molecule is CC1(C)c2ccccc2-c2cc(-c3ccc(-c4ccc5oc6cccc(-c7nc(-c8ccccc8)nc(-c8cccc9oc%10ccccc%10c89)n7)c6c5c4)cc3)ccc21. The molecule has 0 unspecified atom stereocenters. The first kappa shape index (κ1) is 33.5. The van der Waals surface area contributed by atoms with Gasteiger partial charge in [0, 0.05) is 43.7 Å². The number of fused-ring (bicyclic) bond motifs is 9. The number of aromatic nitrogens is 3. The van der Waals surface area contributed by atoms with E-state index in [-0.39, 0.29) is 5.41 Å². The van der Waals surface area contributed by atoms with Gasteiger partial charge in [0.1, 0.15) is 22.3 Å². The lowest BCUT2D eigenvalue weighted by Gasteiger charge is -2.21. The second-order valence-corrected chi connectivity index (χ2v) is 15.9. The van der Waals surface area contributed by atoms with E-state index < -0.39 is 0 Å². The fourth-order valence-electron chi connectivity index (χ4n) is 9.24. The summed E-state index contributed by atoms with van der Waals surface area (Å²) in [5, 5.41) is 3.97. The first-order chi connectivity index (χ1) is 29.0. The smallest absolute Gasteiger partial charge is 0.164 e. The minimum atomic E-state index is -0.00959. The number of rotatable bonds is 5. The van der Waals surface area contributed by atoms with Crippen molar-refractivity contribution < 1.29 is 8.83 Å². The van der Waals surface area contributed by atoms with Crippen LogP contribution in [0.3, 0.4) is 0 Å². The maximum atomic E-state index is 6.50. The van der Waals surface area contributed by atoms with E-state index >= 15 is 0 Å². The summed E-state index contributed by atoms with van der Waals surface area (Å²) >= 11 is 0. The van der Waals surface area contributed by atoms with Crippen LogP contribution in [0.5, 0.6) is 0 Å². The van der Waals surface area contributed by atoms with E-state index in [0.717, 1.165) is 71.7 Å². The maximum Gasteiger partial charge on any atom is 0.164 e. The maximum absolute atomic E-state index is 6.50. The third-order valence-electron chi connectivity index (χ3n) is 12.2. The summed E-state index contributed by atoms with van der Waals surface area (Å²) in [6.45, 7) is 4.65. The largest absolute Gasteiger partial charge is 0.456 e. The molecule has 0 fully saturated rings. The van der Waals surface area contributed by atoms with Crippen molar-refractivity contribution in [2.45, 2.75) is 19.3 Å². The van der Waals surface area contributed by atoms with Crippen molar-refractivity contribution in [3.63, 3.8) is 0 Å². The van der Waals surface area contributed by atoms with Gasteiger partial charge in [-0.3, -0.25) is 0 Å². The van der Waals surface area contributed by atoms with Crippen LogP contribution in [0.4, 0.5) is 0 Å². The molecule has 1 aliphatic carbocycles. The second-order valence-electron chi connectivity index (χ2n) is 15.9. The van der Waals surface area contributed by atoms with Gasteiger partial charge < -0.3 is 8.83 Å². The van der Waals surface area contributed by atoms with E-state index in [2.05, 4.69) is 117 Å². The highest BCUT2D eigenvalue weighted by Crippen LogP contribution is 2.49. The van der Waals surface area contributed by atoms with E-state index in [9.17, 15) is 0 Å². The van der Waals surface area contributed by atoms with Crippen LogP contribution in [0.15, 0.2) is 185 Å². The van der Waals surface area contributed by atoms with Gasteiger partial charge in [0.25, 0.3) is 0 Å². The Kier molecular flexibility index (Phi) is 7.20. The van der Waals surface area contributed by atoms with Crippen LogP contribution < -0.4 is 0 Å². The summed E-state index contributed by atoms with van der Waals surface area (Å²) in [4.78, 5) is 15.5. The van der Waals surface area contributed by atoms with Gasteiger partial charge in [-0.05, 0) is 80.9 Å². The summed E-state index contributed by atoms with van der Waals surface area (Å²) < 4.78 is 12.8. The predicted octanol–water partition coefficient (Wildman–Crippen LogP) is 14.3. The highest BCUT2D eigenvalue weighted by molar-refractivity contribution is 6.14. The molecule has 0 spiro atoms. The molecule has 3 aromatic heterocycles. The van der Waals surface area contributed by atoms with Crippen LogP contribution in [0.25, 0.3) is 111 Å². The third-order valence-corrected chi connectivity index (χ3v) is 12.2. The van der Waals surface area contributed by atoms with Crippen molar-refractivity contribution in [2.24, 2.45) is 0 Å². The van der Waals surface area contributed by atoms with Gasteiger partial charge in [0.2, 0.25) is 0 Å². The van der Waals surface area contributed by atoms with E-state index in [4.69, 9.17) is 23.8 Å². The molecule has 3 heterocycles.